The van der Waals surface area contributed by atoms with E-state index in [1.165, 1.54) is 0 Å². The van der Waals surface area contributed by atoms with E-state index in [0.29, 0.717) is 0 Å². The maximum atomic E-state index is 11.5. The molecule has 2 amide bonds. The second-order valence-electron chi connectivity index (χ2n) is 3.79. The third-order valence-corrected chi connectivity index (χ3v) is 4.18. The number of rotatable bonds is 3. The predicted molar refractivity (Wildman–Crippen MR) is 70.1 cm³/mol. The van der Waals surface area contributed by atoms with Gasteiger partial charge in [0.1, 0.15) is 5.75 Å². The fourth-order valence-corrected chi connectivity index (χ4v) is 2.80. The molecule has 3 atom stereocenters. The minimum atomic E-state index is -0.342. The van der Waals surface area contributed by atoms with E-state index in [4.69, 9.17) is 4.52 Å². The van der Waals surface area contributed by atoms with E-state index in [0.717, 1.165) is 23.1 Å². The number of carbonyl (C=O) groups is 2. The Morgan fingerprint density at radius 1 is 1.35 bits per heavy atom. The molecular formula is C11H12NO3PS. The average molecular weight is 269 g/mol. The molecule has 1 fully saturated rings. The highest BCUT2D eigenvalue weighted by atomic mass is 32.2. The topological polar surface area (TPSA) is 55.4 Å². The van der Waals surface area contributed by atoms with Crippen molar-refractivity contribution in [2.45, 2.75) is 18.1 Å². The van der Waals surface area contributed by atoms with Crippen LogP contribution in [0.4, 0.5) is 4.79 Å². The Balaban J connectivity index is 2.16. The Kier molecular flexibility index (Phi) is 3.69. The number of amides is 2. The van der Waals surface area contributed by atoms with Gasteiger partial charge in [0.25, 0.3) is 5.24 Å². The maximum absolute atomic E-state index is 11.5. The van der Waals surface area contributed by atoms with Crippen LogP contribution in [0.25, 0.3) is 0 Å². The molecule has 0 aromatic heterocycles. The zero-order chi connectivity index (χ0) is 12.4. The number of imide groups is 1. The van der Waals surface area contributed by atoms with E-state index < -0.39 is 0 Å². The first kappa shape index (κ1) is 12.4. The van der Waals surface area contributed by atoms with Crippen LogP contribution >= 0.6 is 21.2 Å². The predicted octanol–water partition coefficient (Wildman–Crippen LogP) is 2.31. The minimum Gasteiger partial charge on any atom is -0.480 e. The van der Waals surface area contributed by atoms with Crippen molar-refractivity contribution in [1.29, 1.82) is 0 Å². The Morgan fingerprint density at radius 3 is 2.47 bits per heavy atom. The van der Waals surface area contributed by atoms with Gasteiger partial charge >= 0.3 is 0 Å². The quantitative estimate of drug-likeness (QED) is 0.855. The molecule has 1 aliphatic rings. The van der Waals surface area contributed by atoms with E-state index in [1.54, 1.807) is 0 Å². The summed E-state index contributed by atoms with van der Waals surface area (Å²) in [5.41, 5.74) is 1.01. The second kappa shape index (κ2) is 5.07. The Bertz CT molecular complexity index is 449. The van der Waals surface area contributed by atoms with Crippen LogP contribution in [0.2, 0.25) is 0 Å². The molecule has 4 nitrogen and oxygen atoms in total. The molecule has 1 N–H and O–H groups in total. The minimum absolute atomic E-state index is 0.00925. The summed E-state index contributed by atoms with van der Waals surface area (Å²) in [6.07, 6.45) is 0. The summed E-state index contributed by atoms with van der Waals surface area (Å²) in [6.45, 7) is 1.94. The monoisotopic (exact) mass is 269 g/mol. The molecule has 1 heterocycles. The highest BCUT2D eigenvalue weighted by Gasteiger charge is 2.36. The van der Waals surface area contributed by atoms with Gasteiger partial charge in [0, 0.05) is 5.92 Å². The lowest BCUT2D eigenvalue weighted by Crippen LogP contribution is -2.27. The molecule has 17 heavy (non-hydrogen) atoms. The lowest BCUT2D eigenvalue weighted by molar-refractivity contribution is -0.119. The zero-order valence-corrected chi connectivity index (χ0v) is 11.1. The first-order valence-corrected chi connectivity index (χ1v) is 6.45. The molecule has 0 radical (unpaired) electrons. The van der Waals surface area contributed by atoms with Gasteiger partial charge in [-0.2, -0.15) is 0 Å². The SMILES string of the molecule is CC(c1ccc(OP)cc1)C1SC(=O)NC1=O. The normalized spacial score (nSPS) is 21.2. The standard InChI is InChI=1S/C11H12NO3PS/c1-6(9-10(13)12-11(14)17-9)7-2-4-8(15-16)5-3-7/h2-6,9H,16H2,1H3,(H,12,13,14). The van der Waals surface area contributed by atoms with Gasteiger partial charge in [-0.25, -0.2) is 0 Å². The fraction of sp³-hybridized carbons (Fsp3) is 0.273. The summed E-state index contributed by atoms with van der Waals surface area (Å²) in [5.74, 6) is 0.523. The van der Waals surface area contributed by atoms with Crippen LogP contribution in [0, 0.1) is 0 Å². The van der Waals surface area contributed by atoms with Gasteiger partial charge in [-0.05, 0) is 17.7 Å². The summed E-state index contributed by atoms with van der Waals surface area (Å²) in [7, 11) is 2.18. The van der Waals surface area contributed by atoms with Crippen molar-refractivity contribution in [3.63, 3.8) is 0 Å². The molecule has 0 aliphatic carbocycles. The van der Waals surface area contributed by atoms with Crippen molar-refractivity contribution < 1.29 is 14.1 Å². The van der Waals surface area contributed by atoms with E-state index in [9.17, 15) is 9.59 Å². The van der Waals surface area contributed by atoms with Crippen molar-refractivity contribution in [3.8, 4) is 5.75 Å². The average Bonchev–Trinajstić information content (AvgIpc) is 2.68. The maximum Gasteiger partial charge on any atom is 0.286 e. The summed E-state index contributed by atoms with van der Waals surface area (Å²) >= 11 is 1.05. The van der Waals surface area contributed by atoms with E-state index in [-0.39, 0.29) is 22.3 Å². The third kappa shape index (κ3) is 2.61. The van der Waals surface area contributed by atoms with Gasteiger partial charge in [0.15, 0.2) is 0 Å². The van der Waals surface area contributed by atoms with Crippen LogP contribution in [-0.4, -0.2) is 16.4 Å². The van der Waals surface area contributed by atoms with Gasteiger partial charge in [0.05, 0.1) is 14.7 Å². The molecule has 1 aliphatic heterocycles. The molecule has 1 aromatic rings. The van der Waals surface area contributed by atoms with Crippen LogP contribution in [0.5, 0.6) is 5.75 Å². The van der Waals surface area contributed by atoms with Crippen molar-refractivity contribution in [2.75, 3.05) is 0 Å². The van der Waals surface area contributed by atoms with Crippen LogP contribution < -0.4 is 9.84 Å². The van der Waals surface area contributed by atoms with E-state index >= 15 is 0 Å². The first-order chi connectivity index (χ1) is 8.11. The Labute approximate surface area is 106 Å². The zero-order valence-electron chi connectivity index (χ0n) is 9.17. The number of benzene rings is 1. The fourth-order valence-electron chi connectivity index (χ4n) is 1.72. The summed E-state index contributed by atoms with van der Waals surface area (Å²) < 4.78 is 4.99. The van der Waals surface area contributed by atoms with Crippen LogP contribution in [0.1, 0.15) is 18.4 Å². The number of hydrogen-bond acceptors (Lipinski definition) is 4. The number of hydrogen-bond donors (Lipinski definition) is 1. The van der Waals surface area contributed by atoms with Gasteiger partial charge in [-0.3, -0.25) is 14.9 Å². The highest BCUT2D eigenvalue weighted by Crippen LogP contribution is 2.33. The summed E-state index contributed by atoms with van der Waals surface area (Å²) in [6, 6.07) is 7.47. The van der Waals surface area contributed by atoms with Crippen molar-refractivity contribution in [2.24, 2.45) is 0 Å². The number of nitrogens with one attached hydrogen (secondary N) is 1. The molecule has 1 saturated heterocycles. The molecule has 0 spiro atoms. The van der Waals surface area contributed by atoms with Crippen LogP contribution in [-0.2, 0) is 4.79 Å². The molecule has 2 rings (SSSR count). The largest absolute Gasteiger partial charge is 0.480 e. The third-order valence-electron chi connectivity index (χ3n) is 2.71. The molecule has 0 bridgehead atoms. The first-order valence-electron chi connectivity index (χ1n) is 5.10. The van der Waals surface area contributed by atoms with Gasteiger partial charge in [-0.15, -0.1) is 0 Å². The van der Waals surface area contributed by atoms with Gasteiger partial charge in [-0.1, -0.05) is 30.8 Å². The molecule has 1 aromatic carbocycles. The number of thioether (sulfide) groups is 1. The highest BCUT2D eigenvalue weighted by molar-refractivity contribution is 8.15. The summed E-state index contributed by atoms with van der Waals surface area (Å²) in [5, 5.41) is 1.69. The second-order valence-corrected chi connectivity index (χ2v) is 5.14. The van der Waals surface area contributed by atoms with E-state index in [1.807, 2.05) is 31.2 Å². The van der Waals surface area contributed by atoms with Gasteiger partial charge < -0.3 is 4.52 Å². The Hall–Kier alpha value is -1.06. The molecule has 0 saturated carbocycles. The Morgan fingerprint density at radius 2 is 2.00 bits per heavy atom. The molecule has 90 valence electrons. The van der Waals surface area contributed by atoms with Gasteiger partial charge in [0.2, 0.25) is 5.91 Å². The van der Waals surface area contributed by atoms with E-state index in [2.05, 4.69) is 14.8 Å². The van der Waals surface area contributed by atoms with Crippen molar-refractivity contribution >= 4 is 32.4 Å². The van der Waals surface area contributed by atoms with Crippen molar-refractivity contribution in [1.82, 2.24) is 5.32 Å². The van der Waals surface area contributed by atoms with Crippen molar-refractivity contribution in [3.05, 3.63) is 29.8 Å². The summed E-state index contributed by atoms with van der Waals surface area (Å²) in [4.78, 5) is 22.7. The smallest absolute Gasteiger partial charge is 0.286 e. The molecule has 3 unspecified atom stereocenters. The van der Waals surface area contributed by atoms with Crippen LogP contribution in [0.3, 0.4) is 0 Å². The lowest BCUT2D eigenvalue weighted by atomic mass is 9.97. The lowest BCUT2D eigenvalue weighted by Gasteiger charge is -2.15. The molecule has 6 heteroatoms. The molecular weight excluding hydrogens is 257 g/mol. The van der Waals surface area contributed by atoms with Crippen LogP contribution in [0.15, 0.2) is 24.3 Å². The number of carbonyl (C=O) groups excluding carboxylic acids is 2.